The summed E-state index contributed by atoms with van der Waals surface area (Å²) in [5.41, 5.74) is 7.19. The van der Waals surface area contributed by atoms with Crippen molar-refractivity contribution in [3.63, 3.8) is 0 Å². The van der Waals surface area contributed by atoms with Crippen molar-refractivity contribution >= 4 is 23.2 Å². The second kappa shape index (κ2) is 10.5. The van der Waals surface area contributed by atoms with Crippen LogP contribution in [0.25, 0.3) is 28.0 Å². The van der Waals surface area contributed by atoms with Crippen LogP contribution >= 0.6 is 11.6 Å². The molecule has 0 spiro atoms. The van der Waals surface area contributed by atoms with Gasteiger partial charge in [0, 0.05) is 49.5 Å². The van der Waals surface area contributed by atoms with Crippen LogP contribution in [0, 0.1) is 5.41 Å². The molecule has 5 nitrogen and oxygen atoms in total. The minimum absolute atomic E-state index is 0.228. The molecule has 1 fully saturated rings. The van der Waals surface area contributed by atoms with Gasteiger partial charge in [-0.2, -0.15) is 0 Å². The number of fused-ring (bicyclic) bond motifs is 1. The molecule has 0 saturated carbocycles. The van der Waals surface area contributed by atoms with Crippen molar-refractivity contribution in [1.82, 2.24) is 19.2 Å². The maximum absolute atomic E-state index is 13.4. The summed E-state index contributed by atoms with van der Waals surface area (Å²) in [5.74, 6) is 0.228. The van der Waals surface area contributed by atoms with Crippen molar-refractivity contribution in [2.45, 2.75) is 26.8 Å². The largest absolute Gasteiger partial charge is 0.339 e. The van der Waals surface area contributed by atoms with E-state index in [-0.39, 0.29) is 5.91 Å². The van der Waals surface area contributed by atoms with E-state index in [0.29, 0.717) is 5.02 Å². The lowest BCUT2D eigenvalue weighted by molar-refractivity contribution is -0.140. The Kier molecular flexibility index (Phi) is 6.88. The molecule has 6 rings (SSSR count). The number of pyridine rings is 1. The second-order valence-electron chi connectivity index (χ2n) is 10.9. The lowest BCUT2D eigenvalue weighted by Crippen LogP contribution is -2.52. The fraction of sp³-hybridized carbons (Fsp3) is 0.273. The first kappa shape index (κ1) is 25.6. The van der Waals surface area contributed by atoms with E-state index in [2.05, 4.69) is 84.0 Å². The molecule has 3 heterocycles. The van der Waals surface area contributed by atoms with Gasteiger partial charge < -0.3 is 9.30 Å². The van der Waals surface area contributed by atoms with Crippen molar-refractivity contribution in [3.8, 4) is 22.4 Å². The molecule has 39 heavy (non-hydrogen) atoms. The summed E-state index contributed by atoms with van der Waals surface area (Å²) in [5, 5.41) is 0.711. The Balaban J connectivity index is 1.27. The molecule has 0 bridgehead atoms. The van der Waals surface area contributed by atoms with Crippen molar-refractivity contribution in [2.24, 2.45) is 5.41 Å². The molecule has 1 aliphatic carbocycles. The maximum atomic E-state index is 13.4. The third-order valence-corrected chi connectivity index (χ3v) is 8.28. The number of amides is 1. The van der Waals surface area contributed by atoms with Gasteiger partial charge in [-0.1, -0.05) is 77.9 Å². The smallest absolute Gasteiger partial charge is 0.232 e. The predicted molar refractivity (Wildman–Crippen MR) is 159 cm³/mol. The highest BCUT2D eigenvalue weighted by Gasteiger charge is 2.36. The summed E-state index contributed by atoms with van der Waals surface area (Å²) in [4.78, 5) is 22.9. The van der Waals surface area contributed by atoms with Crippen LogP contribution in [0.3, 0.4) is 0 Å². The van der Waals surface area contributed by atoms with Gasteiger partial charge in [0.15, 0.2) is 0 Å². The molecule has 0 radical (unpaired) electrons. The van der Waals surface area contributed by atoms with Crippen LogP contribution in [0.5, 0.6) is 0 Å². The Hall–Kier alpha value is -3.67. The van der Waals surface area contributed by atoms with Gasteiger partial charge in [0.1, 0.15) is 5.65 Å². The van der Waals surface area contributed by atoms with Crippen molar-refractivity contribution < 1.29 is 4.79 Å². The summed E-state index contributed by atoms with van der Waals surface area (Å²) < 4.78 is 2.23. The van der Waals surface area contributed by atoms with Crippen LogP contribution in [0.2, 0.25) is 5.02 Å². The lowest BCUT2D eigenvalue weighted by atomic mass is 9.80. The summed E-state index contributed by atoms with van der Waals surface area (Å²) in [7, 11) is 0. The highest BCUT2D eigenvalue weighted by atomic mass is 35.5. The quantitative estimate of drug-likeness (QED) is 0.279. The minimum atomic E-state index is -0.446. The average Bonchev–Trinajstić information content (AvgIpc) is 3.33. The topological polar surface area (TPSA) is 40.9 Å². The average molecular weight is 537 g/mol. The number of nitrogens with zero attached hydrogens (tertiary/aromatic N) is 4. The number of rotatable bonds is 5. The van der Waals surface area contributed by atoms with Crippen molar-refractivity contribution in [1.29, 1.82) is 0 Å². The molecular weight excluding hydrogens is 504 g/mol. The number of halogens is 1. The molecule has 198 valence electrons. The van der Waals surface area contributed by atoms with E-state index < -0.39 is 5.41 Å². The molecule has 1 saturated heterocycles. The number of hydrogen-bond donors (Lipinski definition) is 0. The highest BCUT2D eigenvalue weighted by molar-refractivity contribution is 6.30. The third kappa shape index (κ3) is 5.17. The molecule has 1 unspecified atom stereocenters. The Morgan fingerprint density at radius 2 is 1.64 bits per heavy atom. The first-order valence-electron chi connectivity index (χ1n) is 13.6. The van der Waals surface area contributed by atoms with E-state index in [0.717, 1.165) is 67.3 Å². The van der Waals surface area contributed by atoms with Crippen LogP contribution in [0.15, 0.2) is 96.7 Å². The molecule has 0 N–H and O–H groups in total. The van der Waals surface area contributed by atoms with Gasteiger partial charge in [-0.15, -0.1) is 0 Å². The lowest BCUT2D eigenvalue weighted by Gasteiger charge is -2.39. The fourth-order valence-corrected chi connectivity index (χ4v) is 5.68. The molecule has 1 amide bonds. The summed E-state index contributed by atoms with van der Waals surface area (Å²) in [6.45, 7) is 8.00. The number of carbonyl (C=O) groups is 1. The van der Waals surface area contributed by atoms with Gasteiger partial charge in [0.2, 0.25) is 5.91 Å². The number of carbonyl (C=O) groups excluding carboxylic acids is 1. The molecular formula is C33H33ClN4O. The fourth-order valence-electron chi connectivity index (χ4n) is 5.55. The number of hydrogen-bond acceptors (Lipinski definition) is 3. The normalized spacial score (nSPS) is 19.9. The van der Waals surface area contributed by atoms with Crippen LogP contribution in [0.1, 0.15) is 26.0 Å². The number of benzene rings is 2. The Morgan fingerprint density at radius 1 is 0.923 bits per heavy atom. The second-order valence-corrected chi connectivity index (χ2v) is 11.3. The van der Waals surface area contributed by atoms with E-state index in [1.165, 1.54) is 11.1 Å². The minimum Gasteiger partial charge on any atom is -0.339 e. The summed E-state index contributed by atoms with van der Waals surface area (Å²) >= 11 is 6.20. The highest BCUT2D eigenvalue weighted by Crippen LogP contribution is 2.33. The van der Waals surface area contributed by atoms with Crippen LogP contribution < -0.4 is 0 Å². The third-order valence-electron chi connectivity index (χ3n) is 8.03. The Labute approximate surface area is 235 Å². The molecule has 1 atom stereocenters. The van der Waals surface area contributed by atoms with Crippen LogP contribution in [0.4, 0.5) is 0 Å². The standard InChI is InChI=1S/C33H33ClN4O/c1-24-14-16-33(2,17-15-24)32(39)37-20-18-36(19-21-37)23-29-31(26-8-11-28(34)12-9-26)35-30-13-10-27(22-38(29)30)25-6-4-3-5-7-25/h3-16,22H,17-21,23H2,1-2H3. The van der Waals surface area contributed by atoms with Gasteiger partial charge in [0.25, 0.3) is 0 Å². The molecule has 2 aromatic heterocycles. The van der Waals surface area contributed by atoms with Gasteiger partial charge in [-0.3, -0.25) is 9.69 Å². The molecule has 4 aromatic rings. The number of allylic oxidation sites excluding steroid dienone is 3. The van der Waals surface area contributed by atoms with E-state index in [4.69, 9.17) is 16.6 Å². The predicted octanol–water partition coefficient (Wildman–Crippen LogP) is 6.88. The monoisotopic (exact) mass is 536 g/mol. The van der Waals surface area contributed by atoms with Crippen LogP contribution in [-0.4, -0.2) is 51.3 Å². The van der Waals surface area contributed by atoms with Gasteiger partial charge in [-0.05, 0) is 55.7 Å². The number of imidazole rings is 1. The van der Waals surface area contributed by atoms with E-state index in [1.54, 1.807) is 0 Å². The molecule has 6 heteroatoms. The van der Waals surface area contributed by atoms with E-state index in [9.17, 15) is 4.79 Å². The SMILES string of the molecule is CC1=CCC(C)(C(=O)N2CCN(Cc3c(-c4ccc(Cl)cc4)nc4ccc(-c5ccccc5)cn34)CC2)C=C1. The Bertz CT molecular complexity index is 1560. The van der Waals surface area contributed by atoms with Gasteiger partial charge in [-0.25, -0.2) is 4.98 Å². The summed E-state index contributed by atoms with van der Waals surface area (Å²) in [6.07, 6.45) is 9.28. The zero-order valence-corrected chi connectivity index (χ0v) is 23.2. The van der Waals surface area contributed by atoms with E-state index in [1.807, 2.05) is 35.2 Å². The molecule has 1 aliphatic heterocycles. The van der Waals surface area contributed by atoms with Crippen molar-refractivity contribution in [3.05, 3.63) is 107 Å². The Morgan fingerprint density at radius 3 is 2.33 bits per heavy atom. The first-order chi connectivity index (χ1) is 18.9. The zero-order chi connectivity index (χ0) is 27.0. The van der Waals surface area contributed by atoms with Gasteiger partial charge >= 0.3 is 0 Å². The first-order valence-corrected chi connectivity index (χ1v) is 14.0. The van der Waals surface area contributed by atoms with Crippen molar-refractivity contribution in [2.75, 3.05) is 26.2 Å². The number of piperazine rings is 1. The maximum Gasteiger partial charge on any atom is 0.232 e. The molecule has 2 aromatic carbocycles. The van der Waals surface area contributed by atoms with Crippen LogP contribution in [-0.2, 0) is 11.3 Å². The zero-order valence-electron chi connectivity index (χ0n) is 22.5. The van der Waals surface area contributed by atoms with E-state index >= 15 is 0 Å². The number of aromatic nitrogens is 2. The summed E-state index contributed by atoms with van der Waals surface area (Å²) in [6, 6.07) is 22.6. The van der Waals surface area contributed by atoms with Gasteiger partial charge in [0.05, 0.1) is 16.8 Å². The molecule has 2 aliphatic rings.